The van der Waals surface area contributed by atoms with Gasteiger partial charge in [0.2, 0.25) is 0 Å². The molecular weight excluding hydrogens is 220 g/mol. The first-order valence-corrected chi connectivity index (χ1v) is 7.48. The number of hydrogen-bond acceptors (Lipinski definition) is 1. The molecule has 1 heteroatoms. The van der Waals surface area contributed by atoms with Crippen molar-refractivity contribution in [2.24, 2.45) is 11.8 Å². The normalized spacial score (nSPS) is 27.7. The summed E-state index contributed by atoms with van der Waals surface area (Å²) < 4.78 is 0. The second-order valence-corrected chi connectivity index (χ2v) is 5.77. The van der Waals surface area contributed by atoms with Crippen LogP contribution >= 0.6 is 0 Å². The molecule has 0 aromatic heterocycles. The first-order chi connectivity index (χ1) is 8.70. The quantitative estimate of drug-likeness (QED) is 0.829. The molecule has 1 aliphatic carbocycles. The molecule has 1 fully saturated rings. The Morgan fingerprint density at radius 1 is 1.06 bits per heavy atom. The molecule has 0 heterocycles. The van der Waals surface area contributed by atoms with Crippen molar-refractivity contribution in [3.63, 3.8) is 0 Å². The van der Waals surface area contributed by atoms with Crippen LogP contribution in [0.3, 0.4) is 0 Å². The predicted molar refractivity (Wildman–Crippen MR) is 76.4 cm³/mol. The van der Waals surface area contributed by atoms with E-state index in [2.05, 4.69) is 26.0 Å². The molecule has 18 heavy (non-hydrogen) atoms. The highest BCUT2D eigenvalue weighted by atomic mass is 16.3. The van der Waals surface area contributed by atoms with Gasteiger partial charge in [0.1, 0.15) is 0 Å². The van der Waals surface area contributed by atoms with Gasteiger partial charge in [0.25, 0.3) is 0 Å². The van der Waals surface area contributed by atoms with Gasteiger partial charge in [-0.2, -0.15) is 0 Å². The van der Waals surface area contributed by atoms with E-state index in [4.69, 9.17) is 0 Å². The highest BCUT2D eigenvalue weighted by Gasteiger charge is 2.38. The summed E-state index contributed by atoms with van der Waals surface area (Å²) in [4.78, 5) is 0. The molecule has 2 rings (SSSR count). The molecule has 0 saturated heterocycles. The standard InChI is InChI=1S/C17H26O/c1-3-14-10-12-16(13-11-14)17(18,4-2)15-8-6-5-7-9-15/h5-9,14,16,18H,3-4,10-13H2,1-2H3. The minimum atomic E-state index is -0.611. The maximum Gasteiger partial charge on any atom is 0.0921 e. The van der Waals surface area contributed by atoms with Crippen molar-refractivity contribution in [2.45, 2.75) is 58.0 Å². The van der Waals surface area contributed by atoms with Crippen molar-refractivity contribution in [3.05, 3.63) is 35.9 Å². The van der Waals surface area contributed by atoms with Crippen molar-refractivity contribution in [1.82, 2.24) is 0 Å². The van der Waals surface area contributed by atoms with E-state index in [-0.39, 0.29) is 0 Å². The maximum atomic E-state index is 11.1. The SMILES string of the molecule is CCC1CCC(C(O)(CC)c2ccccc2)CC1. The van der Waals surface area contributed by atoms with Crippen LogP contribution in [-0.2, 0) is 5.60 Å². The van der Waals surface area contributed by atoms with E-state index < -0.39 is 5.60 Å². The summed E-state index contributed by atoms with van der Waals surface area (Å²) in [5.41, 5.74) is 0.493. The van der Waals surface area contributed by atoms with Crippen molar-refractivity contribution in [1.29, 1.82) is 0 Å². The fourth-order valence-corrected chi connectivity index (χ4v) is 3.50. The number of rotatable bonds is 4. The minimum absolute atomic E-state index is 0.438. The van der Waals surface area contributed by atoms with Crippen LogP contribution in [0.1, 0.15) is 57.9 Å². The average Bonchev–Trinajstić information content (AvgIpc) is 2.47. The Kier molecular flexibility index (Phi) is 4.45. The van der Waals surface area contributed by atoms with Crippen LogP contribution in [0.2, 0.25) is 0 Å². The Hall–Kier alpha value is -0.820. The second-order valence-electron chi connectivity index (χ2n) is 5.77. The van der Waals surface area contributed by atoms with Crippen LogP contribution in [0.25, 0.3) is 0 Å². The molecule has 1 saturated carbocycles. The van der Waals surface area contributed by atoms with Crippen molar-refractivity contribution in [2.75, 3.05) is 0 Å². The molecule has 0 spiro atoms. The van der Waals surface area contributed by atoms with E-state index in [9.17, 15) is 5.11 Å². The van der Waals surface area contributed by atoms with Gasteiger partial charge >= 0.3 is 0 Å². The zero-order valence-electron chi connectivity index (χ0n) is 11.7. The van der Waals surface area contributed by atoms with E-state index in [0.717, 1.165) is 17.9 Å². The molecular formula is C17H26O. The van der Waals surface area contributed by atoms with E-state index in [1.54, 1.807) is 0 Å². The molecule has 1 N–H and O–H groups in total. The lowest BCUT2D eigenvalue weighted by molar-refractivity contribution is -0.0475. The molecule has 1 aromatic rings. The molecule has 0 aliphatic heterocycles. The first kappa shape index (κ1) is 13.6. The number of aliphatic hydroxyl groups is 1. The van der Waals surface area contributed by atoms with Gasteiger partial charge in [0.15, 0.2) is 0 Å². The minimum Gasteiger partial charge on any atom is -0.385 e. The van der Waals surface area contributed by atoms with E-state index >= 15 is 0 Å². The summed E-state index contributed by atoms with van der Waals surface area (Å²) in [7, 11) is 0. The fourth-order valence-electron chi connectivity index (χ4n) is 3.50. The Morgan fingerprint density at radius 2 is 1.67 bits per heavy atom. The largest absolute Gasteiger partial charge is 0.385 e. The predicted octanol–water partition coefficient (Wildman–Crippen LogP) is 4.50. The Balaban J connectivity index is 2.13. The zero-order valence-corrected chi connectivity index (χ0v) is 11.7. The Bertz CT molecular complexity index is 351. The second kappa shape index (κ2) is 5.88. The van der Waals surface area contributed by atoms with Crippen LogP contribution < -0.4 is 0 Å². The van der Waals surface area contributed by atoms with Crippen LogP contribution in [0.5, 0.6) is 0 Å². The maximum absolute atomic E-state index is 11.1. The van der Waals surface area contributed by atoms with Crippen molar-refractivity contribution < 1.29 is 5.11 Å². The fraction of sp³-hybridized carbons (Fsp3) is 0.647. The molecule has 0 amide bonds. The molecule has 1 unspecified atom stereocenters. The summed E-state index contributed by atoms with van der Waals surface area (Å²) in [6.07, 6.45) is 7.04. The van der Waals surface area contributed by atoms with Crippen molar-refractivity contribution >= 4 is 0 Å². The van der Waals surface area contributed by atoms with Crippen LogP contribution in [0.4, 0.5) is 0 Å². The summed E-state index contributed by atoms with van der Waals surface area (Å²) in [5.74, 6) is 1.32. The van der Waals surface area contributed by atoms with Gasteiger partial charge in [0.05, 0.1) is 5.60 Å². The van der Waals surface area contributed by atoms with Gasteiger partial charge < -0.3 is 5.11 Å². The van der Waals surface area contributed by atoms with Gasteiger partial charge in [-0.25, -0.2) is 0 Å². The van der Waals surface area contributed by atoms with E-state index in [0.29, 0.717) is 5.92 Å². The van der Waals surface area contributed by atoms with E-state index in [1.807, 2.05) is 18.2 Å². The Labute approximate surface area is 111 Å². The van der Waals surface area contributed by atoms with Gasteiger partial charge in [-0.3, -0.25) is 0 Å². The molecule has 1 atom stereocenters. The third-order valence-electron chi connectivity index (χ3n) is 4.91. The third kappa shape index (κ3) is 2.61. The Morgan fingerprint density at radius 3 is 2.17 bits per heavy atom. The number of hydrogen-bond donors (Lipinski definition) is 1. The van der Waals surface area contributed by atoms with Gasteiger partial charge in [-0.05, 0) is 36.7 Å². The lowest BCUT2D eigenvalue weighted by Crippen LogP contribution is -2.37. The van der Waals surface area contributed by atoms with Gasteiger partial charge in [-0.1, -0.05) is 63.4 Å². The average molecular weight is 246 g/mol. The highest BCUT2D eigenvalue weighted by Crippen LogP contribution is 2.43. The summed E-state index contributed by atoms with van der Waals surface area (Å²) in [6.45, 7) is 4.40. The summed E-state index contributed by atoms with van der Waals surface area (Å²) >= 11 is 0. The summed E-state index contributed by atoms with van der Waals surface area (Å²) in [5, 5.41) is 11.1. The topological polar surface area (TPSA) is 20.2 Å². The molecule has 1 nitrogen and oxygen atoms in total. The lowest BCUT2D eigenvalue weighted by Gasteiger charge is -2.40. The highest BCUT2D eigenvalue weighted by molar-refractivity contribution is 5.23. The van der Waals surface area contributed by atoms with Crippen LogP contribution in [0.15, 0.2) is 30.3 Å². The lowest BCUT2D eigenvalue weighted by atomic mass is 9.69. The first-order valence-electron chi connectivity index (χ1n) is 7.48. The van der Waals surface area contributed by atoms with Gasteiger partial charge in [0, 0.05) is 0 Å². The summed E-state index contributed by atoms with van der Waals surface area (Å²) in [6, 6.07) is 10.2. The number of benzene rings is 1. The monoisotopic (exact) mass is 246 g/mol. The molecule has 1 aliphatic rings. The molecule has 1 aromatic carbocycles. The third-order valence-corrected chi connectivity index (χ3v) is 4.91. The van der Waals surface area contributed by atoms with Crippen LogP contribution in [-0.4, -0.2) is 5.11 Å². The van der Waals surface area contributed by atoms with Gasteiger partial charge in [-0.15, -0.1) is 0 Å². The zero-order chi connectivity index (χ0) is 13.0. The molecule has 0 bridgehead atoms. The smallest absolute Gasteiger partial charge is 0.0921 e. The van der Waals surface area contributed by atoms with Crippen molar-refractivity contribution in [3.8, 4) is 0 Å². The van der Waals surface area contributed by atoms with Crippen LogP contribution in [0, 0.1) is 11.8 Å². The van der Waals surface area contributed by atoms with E-state index in [1.165, 1.54) is 32.1 Å². The molecule has 0 radical (unpaired) electrons. The molecule has 100 valence electrons.